The van der Waals surface area contributed by atoms with E-state index in [9.17, 15) is 9.59 Å². The molecule has 3 aromatic rings. The zero-order valence-electron chi connectivity index (χ0n) is 18.5. The van der Waals surface area contributed by atoms with Gasteiger partial charge >= 0.3 is 0 Å². The molecule has 0 atom stereocenters. The monoisotopic (exact) mass is 541 g/mol. The molecule has 0 unspecified atom stereocenters. The Labute approximate surface area is 211 Å². The van der Waals surface area contributed by atoms with Crippen molar-refractivity contribution in [2.45, 2.75) is 13.3 Å². The molecule has 3 N–H and O–H groups in total. The van der Waals surface area contributed by atoms with Crippen LogP contribution in [-0.4, -0.2) is 30.1 Å². The Morgan fingerprint density at radius 3 is 2.47 bits per heavy atom. The largest absolute Gasteiger partial charge is 0.492 e. The van der Waals surface area contributed by atoms with Gasteiger partial charge in [-0.25, -0.2) is 0 Å². The Morgan fingerprint density at radius 1 is 0.941 bits per heavy atom. The molecule has 0 radical (unpaired) electrons. The maximum Gasteiger partial charge on any atom is 0.276 e. The first-order valence-corrected chi connectivity index (χ1v) is 11.7. The zero-order valence-corrected chi connectivity index (χ0v) is 20.9. The molecule has 0 bridgehead atoms. The first-order valence-electron chi connectivity index (χ1n) is 10.5. The van der Waals surface area contributed by atoms with Crippen molar-refractivity contribution in [3.8, 4) is 11.5 Å². The van der Waals surface area contributed by atoms with Crippen LogP contribution >= 0.6 is 28.1 Å². The van der Waals surface area contributed by atoms with E-state index in [1.807, 2.05) is 55.5 Å². The van der Waals surface area contributed by atoms with Crippen LogP contribution in [0.15, 0.2) is 77.3 Å². The van der Waals surface area contributed by atoms with Crippen LogP contribution in [0.5, 0.6) is 11.5 Å². The summed E-state index contributed by atoms with van der Waals surface area (Å²) in [6.45, 7) is 2.24. The molecule has 0 fully saturated rings. The van der Waals surface area contributed by atoms with E-state index >= 15 is 0 Å². The van der Waals surface area contributed by atoms with Crippen molar-refractivity contribution in [1.29, 1.82) is 0 Å². The van der Waals surface area contributed by atoms with Gasteiger partial charge in [-0.15, -0.1) is 0 Å². The van der Waals surface area contributed by atoms with Crippen LogP contribution in [0.25, 0.3) is 0 Å². The Bertz CT molecular complexity index is 1160. The highest BCUT2D eigenvalue weighted by Crippen LogP contribution is 2.26. The van der Waals surface area contributed by atoms with Crippen molar-refractivity contribution in [3.05, 3.63) is 94.0 Å². The fraction of sp³-hybridized carbons (Fsp3) is 0.160. The van der Waals surface area contributed by atoms with Crippen LogP contribution in [0.3, 0.4) is 0 Å². The van der Waals surface area contributed by atoms with Gasteiger partial charge in [0.05, 0.1) is 11.1 Å². The highest BCUT2D eigenvalue weighted by molar-refractivity contribution is 9.10. The first-order chi connectivity index (χ1) is 16.4. The number of hydrogen-bond donors (Lipinski definition) is 3. The van der Waals surface area contributed by atoms with Crippen molar-refractivity contribution in [3.63, 3.8) is 0 Å². The van der Waals surface area contributed by atoms with Gasteiger partial charge in [0.15, 0.2) is 11.7 Å². The molecule has 0 saturated heterocycles. The summed E-state index contributed by atoms with van der Waals surface area (Å²) < 4.78 is 11.9. The van der Waals surface area contributed by atoms with Gasteiger partial charge < -0.3 is 9.47 Å². The number of nitrogens with one attached hydrogen (secondary N) is 3. The number of benzene rings is 3. The molecule has 34 heavy (non-hydrogen) atoms. The van der Waals surface area contributed by atoms with Crippen LogP contribution in [0.4, 0.5) is 0 Å². The second-order valence-electron chi connectivity index (χ2n) is 7.29. The number of halogens is 1. The van der Waals surface area contributed by atoms with Crippen LogP contribution in [-0.2, 0) is 11.2 Å². The number of ether oxygens (including phenoxy) is 2. The number of rotatable bonds is 8. The van der Waals surface area contributed by atoms with Crippen molar-refractivity contribution >= 4 is 45.1 Å². The van der Waals surface area contributed by atoms with Crippen LogP contribution in [0.2, 0.25) is 0 Å². The van der Waals surface area contributed by atoms with E-state index in [0.717, 1.165) is 12.0 Å². The highest BCUT2D eigenvalue weighted by Gasteiger charge is 2.12. The van der Waals surface area contributed by atoms with Gasteiger partial charge in [0, 0.05) is 12.0 Å². The van der Waals surface area contributed by atoms with Crippen LogP contribution in [0.1, 0.15) is 21.5 Å². The second kappa shape index (κ2) is 12.7. The summed E-state index contributed by atoms with van der Waals surface area (Å²) in [5, 5.41) is 2.46. The van der Waals surface area contributed by atoms with E-state index in [1.165, 1.54) is 5.56 Å². The normalized spacial score (nSPS) is 10.2. The molecule has 3 rings (SSSR count). The summed E-state index contributed by atoms with van der Waals surface area (Å²) in [4.78, 5) is 24.4. The van der Waals surface area contributed by atoms with Gasteiger partial charge in [0.25, 0.3) is 11.8 Å². The number of carbonyl (C=O) groups is 2. The van der Waals surface area contributed by atoms with Crippen LogP contribution < -0.4 is 25.6 Å². The quantitative estimate of drug-likeness (QED) is 0.294. The number of hydrogen-bond acceptors (Lipinski definition) is 5. The molecule has 0 aliphatic rings. The smallest absolute Gasteiger partial charge is 0.276 e. The van der Waals surface area contributed by atoms with E-state index < -0.39 is 11.8 Å². The summed E-state index contributed by atoms with van der Waals surface area (Å²) in [7, 11) is 0. The molecule has 7 nitrogen and oxygen atoms in total. The van der Waals surface area contributed by atoms with Crippen molar-refractivity contribution < 1.29 is 19.1 Å². The molecular formula is C25H24BrN3O4S. The molecule has 2 amide bonds. The molecule has 0 heterocycles. The number of amides is 2. The number of hydrazine groups is 1. The molecule has 176 valence electrons. The third-order valence-electron chi connectivity index (χ3n) is 4.59. The van der Waals surface area contributed by atoms with E-state index in [1.54, 1.807) is 24.3 Å². The van der Waals surface area contributed by atoms with E-state index in [0.29, 0.717) is 28.1 Å². The van der Waals surface area contributed by atoms with Gasteiger partial charge in [0.2, 0.25) is 0 Å². The lowest BCUT2D eigenvalue weighted by atomic mass is 10.2. The van der Waals surface area contributed by atoms with E-state index in [4.69, 9.17) is 21.7 Å². The topological polar surface area (TPSA) is 88.7 Å². The van der Waals surface area contributed by atoms with Gasteiger partial charge in [-0.3, -0.25) is 25.8 Å². The Hall–Kier alpha value is -3.43. The SMILES string of the molecule is Cc1cccc(OCC(=O)NNC(=S)NC(=O)c2ccc(OCCc3ccccc3)c(Br)c2)c1. The predicted octanol–water partition coefficient (Wildman–Crippen LogP) is 4.09. The minimum atomic E-state index is -0.446. The van der Waals surface area contributed by atoms with Gasteiger partial charge in [0.1, 0.15) is 11.5 Å². The predicted molar refractivity (Wildman–Crippen MR) is 138 cm³/mol. The standard InChI is InChI=1S/C25H24BrN3O4S/c1-17-6-5-9-20(14-17)33-16-23(30)28-29-25(34)27-24(31)19-10-11-22(21(26)15-19)32-13-12-18-7-3-2-4-8-18/h2-11,14-15H,12-13,16H2,1H3,(H,28,30)(H2,27,29,31,34). The molecule has 3 aromatic carbocycles. The summed E-state index contributed by atoms with van der Waals surface area (Å²) in [5.41, 5.74) is 7.45. The Kier molecular flexibility index (Phi) is 9.42. The highest BCUT2D eigenvalue weighted by atomic mass is 79.9. The lowest BCUT2D eigenvalue weighted by Gasteiger charge is -2.12. The number of thiocarbonyl (C=S) groups is 1. The Balaban J connectivity index is 1.41. The minimum absolute atomic E-state index is 0.0479. The fourth-order valence-corrected chi connectivity index (χ4v) is 3.54. The van der Waals surface area contributed by atoms with Gasteiger partial charge in [-0.1, -0.05) is 42.5 Å². The van der Waals surface area contributed by atoms with Crippen molar-refractivity contribution in [2.75, 3.05) is 13.2 Å². The average molecular weight is 542 g/mol. The Morgan fingerprint density at radius 2 is 1.74 bits per heavy atom. The molecular weight excluding hydrogens is 518 g/mol. The van der Waals surface area contributed by atoms with E-state index in [2.05, 4.69) is 32.1 Å². The summed E-state index contributed by atoms with van der Waals surface area (Å²) in [6.07, 6.45) is 0.775. The molecule has 0 aromatic heterocycles. The third kappa shape index (κ3) is 8.17. The molecule has 0 saturated carbocycles. The molecule has 0 spiro atoms. The van der Waals surface area contributed by atoms with Crippen LogP contribution in [0, 0.1) is 6.92 Å². The molecule has 0 aliphatic carbocycles. The summed E-state index contributed by atoms with van der Waals surface area (Å²) in [6, 6.07) is 22.4. The van der Waals surface area contributed by atoms with Crippen molar-refractivity contribution in [2.24, 2.45) is 0 Å². The maximum absolute atomic E-state index is 12.5. The lowest BCUT2D eigenvalue weighted by molar-refractivity contribution is -0.123. The number of aryl methyl sites for hydroxylation is 1. The molecule has 9 heteroatoms. The van der Waals surface area contributed by atoms with E-state index in [-0.39, 0.29) is 11.7 Å². The average Bonchev–Trinajstić information content (AvgIpc) is 2.83. The number of carbonyl (C=O) groups excluding carboxylic acids is 2. The fourth-order valence-electron chi connectivity index (χ4n) is 2.91. The summed E-state index contributed by atoms with van der Waals surface area (Å²) in [5.74, 6) is 0.343. The van der Waals surface area contributed by atoms with Crippen molar-refractivity contribution in [1.82, 2.24) is 16.2 Å². The second-order valence-corrected chi connectivity index (χ2v) is 8.55. The third-order valence-corrected chi connectivity index (χ3v) is 5.41. The maximum atomic E-state index is 12.5. The lowest BCUT2D eigenvalue weighted by Crippen LogP contribution is -2.49. The zero-order chi connectivity index (χ0) is 24.3. The summed E-state index contributed by atoms with van der Waals surface area (Å²) >= 11 is 8.51. The first kappa shape index (κ1) is 25.2. The van der Waals surface area contributed by atoms with Gasteiger partial charge in [-0.05, 0) is 76.5 Å². The van der Waals surface area contributed by atoms with Gasteiger partial charge in [-0.2, -0.15) is 0 Å². The molecule has 0 aliphatic heterocycles. The minimum Gasteiger partial charge on any atom is -0.492 e.